The van der Waals surface area contributed by atoms with Crippen LogP contribution in [0.25, 0.3) is 0 Å². The number of hydrogen-bond donors (Lipinski definition) is 15. The molecule has 0 aromatic heterocycles. The number of nitrogens with zero attached hydrogens (tertiary/aromatic N) is 2. The molecule has 454 valence electrons. The van der Waals surface area contributed by atoms with E-state index in [1.165, 1.54) is 30.7 Å². The van der Waals surface area contributed by atoms with Crippen molar-refractivity contribution in [2.24, 2.45) is 17.6 Å². The molecule has 3 aliphatic rings. The number of benzene rings is 1. The molecule has 7 amide bonds. The van der Waals surface area contributed by atoms with E-state index in [0.717, 1.165) is 55.2 Å². The summed E-state index contributed by atoms with van der Waals surface area (Å²) in [4.78, 5) is 103. The second-order valence-electron chi connectivity index (χ2n) is 22.4. The van der Waals surface area contributed by atoms with E-state index in [1.54, 1.807) is 0 Å². The number of unbranched alkanes of at least 4 members (excludes halogenated alkanes) is 5. The Bertz CT molecular complexity index is 2140. The molecule has 0 bridgehead atoms. The van der Waals surface area contributed by atoms with Gasteiger partial charge in [-0.1, -0.05) is 91.7 Å². The van der Waals surface area contributed by atoms with Crippen molar-refractivity contribution in [2.75, 3.05) is 32.8 Å². The molecule has 0 aliphatic carbocycles. The van der Waals surface area contributed by atoms with Gasteiger partial charge in [0.05, 0.1) is 31.0 Å². The van der Waals surface area contributed by atoms with Gasteiger partial charge in [-0.2, -0.15) is 0 Å². The van der Waals surface area contributed by atoms with Crippen LogP contribution in [0.4, 0.5) is 0 Å². The van der Waals surface area contributed by atoms with E-state index in [4.69, 9.17) is 10.5 Å². The van der Waals surface area contributed by atoms with Crippen LogP contribution in [0.5, 0.6) is 5.75 Å². The van der Waals surface area contributed by atoms with Crippen LogP contribution >= 0.6 is 0 Å². The first-order valence-electron chi connectivity index (χ1n) is 28.6. The number of aliphatic hydroxyl groups is 7. The molecule has 25 heteroatoms. The molecule has 3 fully saturated rings. The number of carbonyl (C=O) groups is 7. The molecule has 0 radical (unpaired) electrons. The van der Waals surface area contributed by atoms with Crippen molar-refractivity contribution < 1.29 is 79.2 Å². The molecule has 25 nitrogen and oxygen atoms in total. The van der Waals surface area contributed by atoms with Crippen molar-refractivity contribution in [1.82, 2.24) is 41.7 Å². The van der Waals surface area contributed by atoms with Gasteiger partial charge in [0.15, 0.2) is 6.23 Å². The van der Waals surface area contributed by atoms with Crippen molar-refractivity contribution in [3.05, 3.63) is 29.8 Å². The third-order valence-corrected chi connectivity index (χ3v) is 15.3. The maximum absolute atomic E-state index is 14.8. The predicted octanol–water partition coefficient (Wildman–Crippen LogP) is -1.85. The van der Waals surface area contributed by atoms with Gasteiger partial charge < -0.3 is 93.0 Å². The molecule has 3 heterocycles. The number of amides is 7. The van der Waals surface area contributed by atoms with Gasteiger partial charge >= 0.3 is 0 Å². The molecule has 16 N–H and O–H groups in total. The van der Waals surface area contributed by atoms with Gasteiger partial charge in [-0.25, -0.2) is 0 Å². The maximum atomic E-state index is 14.8. The molecule has 0 saturated carbocycles. The summed E-state index contributed by atoms with van der Waals surface area (Å²) in [5.41, 5.74) is 5.70. The summed E-state index contributed by atoms with van der Waals surface area (Å²) in [6.07, 6.45) is -7.28. The predicted molar refractivity (Wildman–Crippen MR) is 292 cm³/mol. The Morgan fingerprint density at radius 2 is 1.36 bits per heavy atom. The van der Waals surface area contributed by atoms with E-state index in [2.05, 4.69) is 52.7 Å². The van der Waals surface area contributed by atoms with Crippen molar-refractivity contribution >= 4 is 41.4 Å². The highest BCUT2D eigenvalue weighted by Crippen LogP contribution is 2.27. The quantitative estimate of drug-likeness (QED) is 0.0478. The van der Waals surface area contributed by atoms with Gasteiger partial charge in [0, 0.05) is 44.9 Å². The fourth-order valence-electron chi connectivity index (χ4n) is 10.5. The highest BCUT2D eigenvalue weighted by atomic mass is 16.5. The number of rotatable bonds is 25. The van der Waals surface area contributed by atoms with Crippen LogP contribution in [0, 0.1) is 11.8 Å². The SMILES string of the molecule is CC[C@H](C)C[C@H](C)CCCCCCCCC(=O)N[C@H]1C[C@@H](O)[C@@H](OCCN)NC(=O)[C@@H]2[C@@H](O)CCN2C(=O)[C@H]([C@H](O)CCNC(C)C)NC(=O)[C@H]([C@H](O)[C@@H](O)c2ccc(O)cc2)NC(=O)[C@@H]2C[C@@H](O)CN2C(=O)C(C(C)O)NC1=O. The number of phenolic OH excluding ortho intramolecular Hbond substituents is 1. The van der Waals surface area contributed by atoms with Gasteiger partial charge in [-0.15, -0.1) is 0 Å². The van der Waals surface area contributed by atoms with E-state index < -0.39 is 146 Å². The first kappa shape index (κ1) is 67.4. The van der Waals surface area contributed by atoms with Crippen LogP contribution in [0.3, 0.4) is 0 Å². The Morgan fingerprint density at radius 3 is 2.00 bits per heavy atom. The number of ether oxygens (including phenoxy) is 1. The molecular weight excluding hydrogens is 1040 g/mol. The average molecular weight is 1140 g/mol. The van der Waals surface area contributed by atoms with E-state index in [9.17, 15) is 74.4 Å². The summed E-state index contributed by atoms with van der Waals surface area (Å²) in [7, 11) is 0. The molecular formula is C55H93N9O16. The normalized spacial score (nSPS) is 28.1. The fraction of sp³-hybridized carbons (Fsp3) is 0.764. The third kappa shape index (κ3) is 20.1. The molecule has 16 atom stereocenters. The van der Waals surface area contributed by atoms with Crippen LogP contribution in [-0.2, 0) is 38.3 Å². The summed E-state index contributed by atoms with van der Waals surface area (Å²) in [5.74, 6) is -6.48. The Balaban J connectivity index is 1.75. The molecule has 4 rings (SSSR count). The Labute approximate surface area is 469 Å². The number of carbonyl (C=O) groups excluding carboxylic acids is 7. The standard InChI is InChI=1S/C55H93N9O16/c1-7-31(4)26-32(5)14-12-10-8-9-11-13-15-42(71)58-37-28-41(70)53(80-25-22-56)62-52(77)46-40(69)21-24-63(46)55(79)44(39(68)20-23-57-30(2)3)60-51(76)45(48(73)47(72)34-16-18-35(66)19-17-34)61-50(75)38-27-36(67)29-64(38)54(78)43(33(6)65)59-49(37)74/h16-19,30-33,36-41,43-48,53,57,65-70,72-73H,7-15,20-29,56H2,1-6H3,(H,58,71)(H,59,74)(H,60,76)(H,61,75)(H,62,77)/t31-,32+,33?,36+,37-,38-,39+,40-,41+,43?,44-,45-,46-,47-,48-,53+/m0/s1. The van der Waals surface area contributed by atoms with Crippen molar-refractivity contribution in [1.29, 1.82) is 0 Å². The molecule has 80 heavy (non-hydrogen) atoms. The van der Waals surface area contributed by atoms with E-state index in [1.807, 2.05) is 13.8 Å². The second-order valence-corrected chi connectivity index (χ2v) is 22.4. The lowest BCUT2D eigenvalue weighted by molar-refractivity contribution is -0.149. The number of aromatic hydroxyl groups is 1. The van der Waals surface area contributed by atoms with Crippen LogP contribution in [-0.4, -0.2) is 210 Å². The van der Waals surface area contributed by atoms with Crippen LogP contribution in [0.2, 0.25) is 0 Å². The van der Waals surface area contributed by atoms with Gasteiger partial charge in [-0.3, -0.25) is 33.6 Å². The Kier molecular flexibility index (Phi) is 27.9. The molecule has 3 saturated heterocycles. The smallest absolute Gasteiger partial charge is 0.248 e. The number of hydrogen-bond acceptors (Lipinski definition) is 18. The molecule has 0 spiro atoms. The van der Waals surface area contributed by atoms with Crippen molar-refractivity contribution in [3.63, 3.8) is 0 Å². The van der Waals surface area contributed by atoms with Crippen molar-refractivity contribution in [2.45, 2.75) is 223 Å². The van der Waals surface area contributed by atoms with E-state index in [-0.39, 0.29) is 62.9 Å². The zero-order valence-electron chi connectivity index (χ0n) is 47.4. The largest absolute Gasteiger partial charge is 0.508 e. The lowest BCUT2D eigenvalue weighted by atomic mass is 9.91. The van der Waals surface area contributed by atoms with E-state index >= 15 is 0 Å². The minimum absolute atomic E-state index is 0.0384. The van der Waals surface area contributed by atoms with Gasteiger partial charge in [0.25, 0.3) is 0 Å². The first-order valence-corrected chi connectivity index (χ1v) is 28.6. The average Bonchev–Trinajstić information content (AvgIpc) is 4.12. The highest BCUT2D eigenvalue weighted by Gasteiger charge is 2.49. The lowest BCUT2D eigenvalue weighted by Gasteiger charge is -2.35. The number of nitrogens with one attached hydrogen (secondary N) is 6. The zero-order chi connectivity index (χ0) is 59.4. The fourth-order valence-corrected chi connectivity index (χ4v) is 10.5. The second kappa shape index (κ2) is 33.1. The number of fused-ring (bicyclic) bond motifs is 2. The first-order chi connectivity index (χ1) is 37.9. The van der Waals surface area contributed by atoms with Gasteiger partial charge in [-0.05, 0) is 68.7 Å². The van der Waals surface area contributed by atoms with Crippen LogP contribution < -0.4 is 37.6 Å². The minimum atomic E-state index is -2.28. The summed E-state index contributed by atoms with van der Waals surface area (Å²) in [6.45, 7) is 10.3. The molecule has 1 aromatic carbocycles. The summed E-state index contributed by atoms with van der Waals surface area (Å²) < 4.78 is 5.77. The monoisotopic (exact) mass is 1140 g/mol. The molecule has 3 aliphatic heterocycles. The minimum Gasteiger partial charge on any atom is -0.508 e. The highest BCUT2D eigenvalue weighted by molar-refractivity contribution is 5.98. The summed E-state index contributed by atoms with van der Waals surface area (Å²) in [5, 5.41) is 105. The van der Waals surface area contributed by atoms with Gasteiger partial charge in [0.1, 0.15) is 60.3 Å². The lowest BCUT2D eigenvalue weighted by Crippen LogP contribution is -2.64. The topological polar surface area (TPSA) is 395 Å². The maximum Gasteiger partial charge on any atom is 0.248 e. The Hall–Kier alpha value is -5.09. The summed E-state index contributed by atoms with van der Waals surface area (Å²) >= 11 is 0. The number of phenols is 1. The zero-order valence-corrected chi connectivity index (χ0v) is 47.4. The van der Waals surface area contributed by atoms with Crippen molar-refractivity contribution in [3.8, 4) is 5.75 Å². The molecule has 1 aromatic rings. The third-order valence-electron chi connectivity index (χ3n) is 15.3. The van der Waals surface area contributed by atoms with Crippen LogP contribution in [0.15, 0.2) is 24.3 Å². The summed E-state index contributed by atoms with van der Waals surface area (Å²) in [6, 6.07) is -6.52. The molecule has 2 unspecified atom stereocenters. The van der Waals surface area contributed by atoms with E-state index in [0.29, 0.717) is 24.7 Å². The Morgan fingerprint density at radius 1 is 0.738 bits per heavy atom. The number of nitrogens with two attached hydrogens (primary N) is 1. The van der Waals surface area contributed by atoms with Gasteiger partial charge in [0.2, 0.25) is 41.4 Å². The van der Waals surface area contributed by atoms with Crippen LogP contribution in [0.1, 0.15) is 143 Å². The number of aliphatic hydroxyl groups excluding tert-OH is 7.